The van der Waals surface area contributed by atoms with E-state index in [1.165, 1.54) is 6.20 Å². The van der Waals surface area contributed by atoms with Crippen LogP contribution in [0.2, 0.25) is 0 Å². The Hall–Kier alpha value is -0.460. The number of aromatic hydroxyl groups is 1. The van der Waals surface area contributed by atoms with Gasteiger partial charge in [-0.05, 0) is 22.6 Å². The quantitative estimate of drug-likeness (QED) is 0.795. The molecule has 0 aromatic carbocycles. The number of alkyl halides is 2. The second-order valence-corrected chi connectivity index (χ2v) is 3.02. The summed E-state index contributed by atoms with van der Waals surface area (Å²) in [7, 11) is 0. The zero-order chi connectivity index (χ0) is 8.43. The predicted octanol–water partition coefficient (Wildman–Crippen LogP) is 2.33. The normalized spacial score (nSPS) is 10.5. The molecular formula is C6H4F2INO. The third kappa shape index (κ3) is 1.76. The smallest absolute Gasteiger partial charge is 0.268 e. The molecule has 0 atom stereocenters. The van der Waals surface area contributed by atoms with E-state index in [1.54, 1.807) is 22.6 Å². The Balaban J connectivity index is 3.21. The monoisotopic (exact) mass is 271 g/mol. The van der Waals surface area contributed by atoms with Gasteiger partial charge in [0, 0.05) is 9.77 Å². The number of nitrogens with zero attached hydrogens (tertiary/aromatic N) is 1. The Bertz CT molecular complexity index is 247. The van der Waals surface area contributed by atoms with Crippen LogP contribution in [-0.2, 0) is 0 Å². The Morgan fingerprint density at radius 2 is 2.09 bits per heavy atom. The first-order chi connectivity index (χ1) is 5.13. The lowest BCUT2D eigenvalue weighted by molar-refractivity contribution is 0.146. The molecule has 0 radical (unpaired) electrons. The van der Waals surface area contributed by atoms with Crippen LogP contribution < -0.4 is 0 Å². The van der Waals surface area contributed by atoms with Gasteiger partial charge in [-0.25, -0.2) is 8.78 Å². The highest BCUT2D eigenvalue weighted by molar-refractivity contribution is 14.1. The standard InChI is InChI=1S/C6H4F2INO/c7-6(8)5-3(9)1-10-2-4(5)11/h1-2,6,11H. The Morgan fingerprint density at radius 3 is 2.45 bits per heavy atom. The lowest BCUT2D eigenvalue weighted by Gasteiger charge is -2.03. The molecule has 60 valence electrons. The van der Waals surface area contributed by atoms with Gasteiger partial charge in [-0.3, -0.25) is 4.98 Å². The topological polar surface area (TPSA) is 33.1 Å². The van der Waals surface area contributed by atoms with Crippen LogP contribution in [0, 0.1) is 3.57 Å². The molecule has 0 spiro atoms. The fourth-order valence-electron chi connectivity index (χ4n) is 0.651. The van der Waals surface area contributed by atoms with Gasteiger partial charge >= 0.3 is 0 Å². The van der Waals surface area contributed by atoms with Crippen molar-refractivity contribution in [1.29, 1.82) is 0 Å². The molecule has 1 rings (SSSR count). The summed E-state index contributed by atoms with van der Waals surface area (Å²) in [4.78, 5) is 3.54. The minimum absolute atomic E-state index is 0.276. The highest BCUT2D eigenvalue weighted by Gasteiger charge is 2.16. The van der Waals surface area contributed by atoms with Gasteiger partial charge in [-0.15, -0.1) is 0 Å². The van der Waals surface area contributed by atoms with E-state index in [4.69, 9.17) is 5.11 Å². The maximum absolute atomic E-state index is 12.1. The van der Waals surface area contributed by atoms with E-state index in [2.05, 4.69) is 4.98 Å². The summed E-state index contributed by atoms with van der Waals surface area (Å²) in [5.74, 6) is -0.452. The number of hydrogen-bond acceptors (Lipinski definition) is 2. The lowest BCUT2D eigenvalue weighted by Crippen LogP contribution is -1.90. The van der Waals surface area contributed by atoms with Crippen molar-refractivity contribution in [3.8, 4) is 5.75 Å². The van der Waals surface area contributed by atoms with Crippen molar-refractivity contribution >= 4 is 22.6 Å². The zero-order valence-corrected chi connectivity index (χ0v) is 7.42. The Morgan fingerprint density at radius 1 is 1.45 bits per heavy atom. The van der Waals surface area contributed by atoms with E-state index in [1.807, 2.05) is 0 Å². The van der Waals surface area contributed by atoms with Crippen molar-refractivity contribution in [2.75, 3.05) is 0 Å². The number of aromatic nitrogens is 1. The highest BCUT2D eigenvalue weighted by atomic mass is 127. The van der Waals surface area contributed by atoms with Crippen molar-refractivity contribution < 1.29 is 13.9 Å². The van der Waals surface area contributed by atoms with Gasteiger partial charge in [0.1, 0.15) is 5.75 Å². The SMILES string of the molecule is Oc1cncc(I)c1C(F)F. The average Bonchev–Trinajstić information content (AvgIpc) is 1.85. The minimum Gasteiger partial charge on any atom is -0.506 e. The summed E-state index contributed by atoms with van der Waals surface area (Å²) in [6.45, 7) is 0. The van der Waals surface area contributed by atoms with Gasteiger partial charge in [0.2, 0.25) is 0 Å². The molecule has 1 heterocycles. The first kappa shape index (κ1) is 8.63. The third-order valence-electron chi connectivity index (χ3n) is 1.14. The number of rotatable bonds is 1. The van der Waals surface area contributed by atoms with E-state index in [0.29, 0.717) is 0 Å². The number of halogens is 3. The maximum atomic E-state index is 12.1. The van der Waals surface area contributed by atoms with Crippen LogP contribution in [0.25, 0.3) is 0 Å². The lowest BCUT2D eigenvalue weighted by atomic mass is 10.2. The second kappa shape index (κ2) is 3.29. The highest BCUT2D eigenvalue weighted by Crippen LogP contribution is 2.30. The summed E-state index contributed by atoms with van der Waals surface area (Å²) in [6, 6.07) is 0. The molecule has 0 unspecified atom stereocenters. The fraction of sp³-hybridized carbons (Fsp3) is 0.167. The largest absolute Gasteiger partial charge is 0.506 e. The van der Waals surface area contributed by atoms with Crippen LogP contribution in [0.4, 0.5) is 8.78 Å². The summed E-state index contributed by atoms with van der Waals surface area (Å²) < 4.78 is 24.5. The summed E-state index contributed by atoms with van der Waals surface area (Å²) in [6.07, 6.45) is -0.365. The molecular weight excluding hydrogens is 267 g/mol. The summed E-state index contributed by atoms with van der Waals surface area (Å²) in [5, 5.41) is 8.91. The van der Waals surface area contributed by atoms with Crippen molar-refractivity contribution in [3.63, 3.8) is 0 Å². The van der Waals surface area contributed by atoms with Crippen molar-refractivity contribution in [3.05, 3.63) is 21.5 Å². The molecule has 2 nitrogen and oxygen atoms in total. The van der Waals surface area contributed by atoms with Crippen LogP contribution in [0.3, 0.4) is 0 Å². The molecule has 1 N–H and O–H groups in total. The van der Waals surface area contributed by atoms with Gasteiger partial charge < -0.3 is 5.11 Å². The zero-order valence-electron chi connectivity index (χ0n) is 5.26. The summed E-state index contributed by atoms with van der Waals surface area (Å²) >= 11 is 1.70. The Kier molecular flexibility index (Phi) is 2.58. The van der Waals surface area contributed by atoms with E-state index in [0.717, 1.165) is 6.20 Å². The predicted molar refractivity (Wildman–Crippen MR) is 43.6 cm³/mol. The van der Waals surface area contributed by atoms with E-state index >= 15 is 0 Å². The molecule has 11 heavy (non-hydrogen) atoms. The number of hydrogen-bond donors (Lipinski definition) is 1. The van der Waals surface area contributed by atoms with Gasteiger partial charge in [0.05, 0.1) is 11.8 Å². The molecule has 0 aliphatic heterocycles. The molecule has 1 aromatic heterocycles. The molecule has 1 aromatic rings. The molecule has 0 saturated carbocycles. The first-order valence-corrected chi connectivity index (χ1v) is 3.81. The first-order valence-electron chi connectivity index (χ1n) is 2.73. The molecule has 0 amide bonds. The minimum atomic E-state index is -2.65. The van der Waals surface area contributed by atoms with Gasteiger partial charge in [0.25, 0.3) is 6.43 Å². The van der Waals surface area contributed by atoms with Gasteiger partial charge in [-0.2, -0.15) is 0 Å². The van der Waals surface area contributed by atoms with Crippen LogP contribution in [0.5, 0.6) is 5.75 Å². The van der Waals surface area contributed by atoms with Crippen LogP contribution in [0.1, 0.15) is 12.0 Å². The molecule has 0 bridgehead atoms. The van der Waals surface area contributed by atoms with E-state index in [-0.39, 0.29) is 9.13 Å². The van der Waals surface area contributed by atoms with Crippen LogP contribution in [0.15, 0.2) is 12.4 Å². The average molecular weight is 271 g/mol. The molecule has 0 aliphatic rings. The fourth-order valence-corrected chi connectivity index (χ4v) is 1.32. The third-order valence-corrected chi connectivity index (χ3v) is 2.00. The van der Waals surface area contributed by atoms with Crippen molar-refractivity contribution in [2.45, 2.75) is 6.43 Å². The van der Waals surface area contributed by atoms with Gasteiger partial charge in [-0.1, -0.05) is 0 Å². The maximum Gasteiger partial charge on any atom is 0.268 e. The molecule has 0 aliphatic carbocycles. The van der Waals surface area contributed by atoms with Crippen molar-refractivity contribution in [1.82, 2.24) is 4.98 Å². The molecule has 5 heteroatoms. The number of pyridine rings is 1. The van der Waals surface area contributed by atoms with Gasteiger partial charge in [0.15, 0.2) is 0 Å². The van der Waals surface area contributed by atoms with Crippen molar-refractivity contribution in [2.24, 2.45) is 0 Å². The Labute approximate surface area is 75.4 Å². The summed E-state index contributed by atoms with van der Waals surface area (Å²) in [5.41, 5.74) is -0.347. The molecule has 0 saturated heterocycles. The van der Waals surface area contributed by atoms with Crippen LogP contribution >= 0.6 is 22.6 Å². The van der Waals surface area contributed by atoms with Crippen LogP contribution in [-0.4, -0.2) is 10.1 Å². The van der Waals surface area contributed by atoms with E-state index in [9.17, 15) is 8.78 Å². The van der Waals surface area contributed by atoms with E-state index < -0.39 is 12.2 Å². The molecule has 0 fully saturated rings. The second-order valence-electron chi connectivity index (χ2n) is 1.85.